The van der Waals surface area contributed by atoms with E-state index in [9.17, 15) is 0 Å². The van der Waals surface area contributed by atoms with E-state index in [1.807, 2.05) is 18.2 Å². The molecule has 1 atom stereocenters. The van der Waals surface area contributed by atoms with Crippen molar-refractivity contribution in [3.8, 4) is 0 Å². The fraction of sp³-hybridized carbons (Fsp3) is 0.312. The number of rotatable bonds is 6. The molecule has 0 aliphatic heterocycles. The van der Waals surface area contributed by atoms with Crippen molar-refractivity contribution in [3.63, 3.8) is 0 Å². The molecule has 4 heteroatoms. The zero-order valence-corrected chi connectivity index (χ0v) is 13.2. The van der Waals surface area contributed by atoms with Crippen LogP contribution >= 0.6 is 15.9 Å². The van der Waals surface area contributed by atoms with Gasteiger partial charge in [-0.25, -0.2) is 4.98 Å². The maximum Gasteiger partial charge on any atom is 0.128 e. The van der Waals surface area contributed by atoms with Crippen LogP contribution < -0.4 is 11.1 Å². The standard InChI is InChI=1S/C16H20BrN3/c1-2-8-19-15(14-7-4-9-20-16(14)18)11-12-5-3-6-13(17)10-12/h3-7,9-10,15,19H,2,8,11H2,1H3,(H2,18,20). The van der Waals surface area contributed by atoms with Crippen molar-refractivity contribution in [3.05, 3.63) is 58.2 Å². The number of hydrogen-bond donors (Lipinski definition) is 2. The molecule has 2 rings (SSSR count). The zero-order valence-electron chi connectivity index (χ0n) is 11.6. The molecule has 3 N–H and O–H groups in total. The van der Waals surface area contributed by atoms with E-state index in [-0.39, 0.29) is 6.04 Å². The lowest BCUT2D eigenvalue weighted by Gasteiger charge is -2.20. The van der Waals surface area contributed by atoms with Gasteiger partial charge in [0.15, 0.2) is 0 Å². The highest BCUT2D eigenvalue weighted by molar-refractivity contribution is 9.10. The summed E-state index contributed by atoms with van der Waals surface area (Å²) in [6.07, 6.45) is 3.72. The summed E-state index contributed by atoms with van der Waals surface area (Å²) in [5, 5.41) is 3.56. The fourth-order valence-corrected chi connectivity index (χ4v) is 2.68. The smallest absolute Gasteiger partial charge is 0.128 e. The molecule has 0 fully saturated rings. The number of nitrogens with one attached hydrogen (secondary N) is 1. The highest BCUT2D eigenvalue weighted by Gasteiger charge is 2.14. The van der Waals surface area contributed by atoms with Crippen molar-refractivity contribution in [1.29, 1.82) is 0 Å². The highest BCUT2D eigenvalue weighted by Crippen LogP contribution is 2.23. The number of nitrogens with two attached hydrogens (primary N) is 1. The van der Waals surface area contributed by atoms with Crippen LogP contribution in [-0.4, -0.2) is 11.5 Å². The van der Waals surface area contributed by atoms with E-state index >= 15 is 0 Å². The summed E-state index contributed by atoms with van der Waals surface area (Å²) in [4.78, 5) is 4.20. The van der Waals surface area contributed by atoms with Crippen molar-refractivity contribution in [2.45, 2.75) is 25.8 Å². The Bertz CT molecular complexity index is 557. The third-order valence-electron chi connectivity index (χ3n) is 3.22. The number of hydrogen-bond acceptors (Lipinski definition) is 3. The lowest BCUT2D eigenvalue weighted by molar-refractivity contribution is 0.529. The van der Waals surface area contributed by atoms with Gasteiger partial charge in [0.25, 0.3) is 0 Å². The van der Waals surface area contributed by atoms with Crippen molar-refractivity contribution in [1.82, 2.24) is 10.3 Å². The largest absolute Gasteiger partial charge is 0.383 e. The molecule has 2 aromatic rings. The monoisotopic (exact) mass is 333 g/mol. The second-order valence-electron chi connectivity index (χ2n) is 4.82. The normalized spacial score (nSPS) is 12.3. The van der Waals surface area contributed by atoms with E-state index < -0.39 is 0 Å². The Labute approximate surface area is 128 Å². The number of benzene rings is 1. The number of pyridine rings is 1. The Morgan fingerprint density at radius 1 is 1.30 bits per heavy atom. The number of anilines is 1. The molecule has 0 spiro atoms. The Morgan fingerprint density at radius 3 is 2.85 bits per heavy atom. The summed E-state index contributed by atoms with van der Waals surface area (Å²) in [6.45, 7) is 3.13. The Kier molecular flexibility index (Phi) is 5.56. The maximum atomic E-state index is 6.02. The molecule has 0 saturated carbocycles. The van der Waals surface area contributed by atoms with Gasteiger partial charge in [0.1, 0.15) is 5.82 Å². The summed E-state index contributed by atoms with van der Waals surface area (Å²) in [5.74, 6) is 0.607. The van der Waals surface area contributed by atoms with Crippen molar-refractivity contribution in [2.24, 2.45) is 0 Å². The lowest BCUT2D eigenvalue weighted by atomic mass is 9.99. The molecule has 1 aromatic carbocycles. The predicted molar refractivity (Wildman–Crippen MR) is 87.5 cm³/mol. The molecule has 0 radical (unpaired) electrons. The van der Waals surface area contributed by atoms with E-state index in [0.717, 1.165) is 29.4 Å². The van der Waals surface area contributed by atoms with Crippen molar-refractivity contribution < 1.29 is 0 Å². The van der Waals surface area contributed by atoms with E-state index in [0.29, 0.717) is 5.82 Å². The molecule has 1 heterocycles. The van der Waals surface area contributed by atoms with Crippen LogP contribution in [0, 0.1) is 0 Å². The van der Waals surface area contributed by atoms with Gasteiger partial charge < -0.3 is 11.1 Å². The summed E-state index contributed by atoms with van der Waals surface area (Å²) < 4.78 is 1.10. The molecule has 0 aliphatic rings. The van der Waals surface area contributed by atoms with Gasteiger partial charge in [-0.3, -0.25) is 0 Å². The third-order valence-corrected chi connectivity index (χ3v) is 3.71. The second-order valence-corrected chi connectivity index (χ2v) is 5.73. The average molecular weight is 334 g/mol. The molecule has 0 amide bonds. The van der Waals surface area contributed by atoms with Gasteiger partial charge in [-0.15, -0.1) is 0 Å². The molecular weight excluding hydrogens is 314 g/mol. The SMILES string of the molecule is CCCNC(Cc1cccc(Br)c1)c1cccnc1N. The Hall–Kier alpha value is -1.39. The highest BCUT2D eigenvalue weighted by atomic mass is 79.9. The van der Waals surface area contributed by atoms with Gasteiger partial charge in [0.05, 0.1) is 0 Å². The van der Waals surface area contributed by atoms with E-state index in [2.05, 4.69) is 51.4 Å². The first-order chi connectivity index (χ1) is 9.70. The number of nitrogens with zero attached hydrogens (tertiary/aromatic N) is 1. The van der Waals surface area contributed by atoms with Crippen LogP contribution in [0.3, 0.4) is 0 Å². The van der Waals surface area contributed by atoms with Crippen LogP contribution in [-0.2, 0) is 6.42 Å². The van der Waals surface area contributed by atoms with Gasteiger partial charge in [-0.05, 0) is 43.1 Å². The minimum Gasteiger partial charge on any atom is -0.383 e. The summed E-state index contributed by atoms with van der Waals surface area (Å²) in [6, 6.07) is 12.6. The van der Waals surface area contributed by atoms with E-state index in [1.165, 1.54) is 5.56 Å². The maximum absolute atomic E-state index is 6.02. The first kappa shape index (κ1) is 15.0. The topological polar surface area (TPSA) is 50.9 Å². The van der Waals surface area contributed by atoms with E-state index in [1.54, 1.807) is 6.20 Å². The molecule has 0 aliphatic carbocycles. The van der Waals surface area contributed by atoms with Crippen LogP contribution in [0.25, 0.3) is 0 Å². The minimum atomic E-state index is 0.193. The molecular formula is C16H20BrN3. The Balaban J connectivity index is 2.22. The van der Waals surface area contributed by atoms with Crippen LogP contribution in [0.5, 0.6) is 0 Å². The van der Waals surface area contributed by atoms with Crippen LogP contribution in [0.15, 0.2) is 47.1 Å². The minimum absolute atomic E-state index is 0.193. The first-order valence-corrected chi connectivity index (χ1v) is 7.68. The van der Waals surface area contributed by atoms with Crippen molar-refractivity contribution >= 4 is 21.7 Å². The van der Waals surface area contributed by atoms with Gasteiger partial charge in [-0.1, -0.05) is 41.1 Å². The number of aromatic nitrogens is 1. The van der Waals surface area contributed by atoms with E-state index in [4.69, 9.17) is 5.73 Å². The van der Waals surface area contributed by atoms with Crippen LogP contribution in [0.2, 0.25) is 0 Å². The van der Waals surface area contributed by atoms with Crippen molar-refractivity contribution in [2.75, 3.05) is 12.3 Å². The number of halogens is 1. The van der Waals surface area contributed by atoms with Gasteiger partial charge in [0.2, 0.25) is 0 Å². The summed E-state index contributed by atoms with van der Waals surface area (Å²) >= 11 is 3.52. The Morgan fingerprint density at radius 2 is 2.15 bits per heavy atom. The molecule has 106 valence electrons. The first-order valence-electron chi connectivity index (χ1n) is 6.89. The summed E-state index contributed by atoms with van der Waals surface area (Å²) in [5.41, 5.74) is 8.36. The molecule has 0 bridgehead atoms. The molecule has 1 aromatic heterocycles. The van der Waals surface area contributed by atoms with Gasteiger partial charge >= 0.3 is 0 Å². The fourth-order valence-electron chi connectivity index (χ4n) is 2.23. The van der Waals surface area contributed by atoms with Crippen LogP contribution in [0.4, 0.5) is 5.82 Å². The zero-order chi connectivity index (χ0) is 14.4. The third kappa shape index (κ3) is 4.05. The quantitative estimate of drug-likeness (QED) is 0.847. The second kappa shape index (κ2) is 7.41. The molecule has 3 nitrogen and oxygen atoms in total. The van der Waals surface area contributed by atoms with Gasteiger partial charge in [0, 0.05) is 22.3 Å². The van der Waals surface area contributed by atoms with Crippen LogP contribution in [0.1, 0.15) is 30.5 Å². The molecule has 1 unspecified atom stereocenters. The van der Waals surface area contributed by atoms with Gasteiger partial charge in [-0.2, -0.15) is 0 Å². The lowest BCUT2D eigenvalue weighted by Crippen LogP contribution is -2.25. The predicted octanol–water partition coefficient (Wildman–Crippen LogP) is 3.71. The summed E-state index contributed by atoms with van der Waals surface area (Å²) in [7, 11) is 0. The molecule has 20 heavy (non-hydrogen) atoms. The number of nitrogen functional groups attached to an aromatic ring is 1. The average Bonchev–Trinajstić information content (AvgIpc) is 2.44. The molecule has 0 saturated heterocycles.